The van der Waals surface area contributed by atoms with Crippen LogP contribution in [0.15, 0.2) is 65.1 Å². The van der Waals surface area contributed by atoms with Crippen molar-refractivity contribution >= 4 is 50.1 Å². The van der Waals surface area contributed by atoms with Crippen LogP contribution in [-0.4, -0.2) is 41.2 Å². The van der Waals surface area contributed by atoms with E-state index < -0.39 is 6.04 Å². The summed E-state index contributed by atoms with van der Waals surface area (Å²) in [6.45, 7) is 2.61. The Balaban J connectivity index is 1.27. The van der Waals surface area contributed by atoms with Gasteiger partial charge in [0.2, 0.25) is 11.8 Å². The van der Waals surface area contributed by atoms with Gasteiger partial charge in [-0.05, 0) is 61.4 Å². The van der Waals surface area contributed by atoms with Crippen LogP contribution >= 0.6 is 15.9 Å². The van der Waals surface area contributed by atoms with Gasteiger partial charge in [0.05, 0.1) is 5.69 Å². The average molecular weight is 563 g/mol. The van der Waals surface area contributed by atoms with Crippen molar-refractivity contribution in [2.24, 2.45) is 0 Å². The van der Waals surface area contributed by atoms with Gasteiger partial charge in [-0.1, -0.05) is 65.2 Å². The first-order chi connectivity index (χ1) is 17.9. The summed E-state index contributed by atoms with van der Waals surface area (Å²) < 4.78 is 0.932. The van der Waals surface area contributed by atoms with Gasteiger partial charge >= 0.3 is 0 Å². The second-order valence-electron chi connectivity index (χ2n) is 10.1. The van der Waals surface area contributed by atoms with Gasteiger partial charge in [-0.25, -0.2) is 0 Å². The minimum Gasteiger partial charge on any atom is -0.352 e. The molecule has 1 aliphatic heterocycles. The Hall–Kier alpha value is -3.19. The Labute approximate surface area is 226 Å². The number of carbonyl (C=O) groups is 3. The summed E-state index contributed by atoms with van der Waals surface area (Å²) in [4.78, 5) is 43.2. The summed E-state index contributed by atoms with van der Waals surface area (Å²) in [5.74, 6) is -0.210. The lowest BCUT2D eigenvalue weighted by atomic mass is 10.1. The maximum Gasteiger partial charge on any atom is 0.258 e. The van der Waals surface area contributed by atoms with Crippen molar-refractivity contribution in [2.75, 3.05) is 11.4 Å². The van der Waals surface area contributed by atoms with Crippen LogP contribution in [0.2, 0.25) is 0 Å². The third kappa shape index (κ3) is 5.42. The highest BCUT2D eigenvalue weighted by Crippen LogP contribution is 2.37. The molecule has 0 spiro atoms. The van der Waals surface area contributed by atoms with Crippen LogP contribution < -0.4 is 10.2 Å². The summed E-state index contributed by atoms with van der Waals surface area (Å²) in [6.07, 6.45) is 5.03. The molecule has 1 heterocycles. The average Bonchev–Trinajstić information content (AvgIpc) is 3.50. The second-order valence-corrected chi connectivity index (χ2v) is 11.0. The van der Waals surface area contributed by atoms with Crippen molar-refractivity contribution < 1.29 is 14.4 Å². The van der Waals surface area contributed by atoms with E-state index in [9.17, 15) is 14.4 Å². The van der Waals surface area contributed by atoms with E-state index in [0.29, 0.717) is 25.1 Å². The van der Waals surface area contributed by atoms with Gasteiger partial charge in [-0.2, -0.15) is 0 Å². The molecular weight excluding hydrogens is 530 g/mol. The lowest BCUT2D eigenvalue weighted by Gasteiger charge is -2.30. The lowest BCUT2D eigenvalue weighted by Crippen LogP contribution is -2.49. The number of halogens is 1. The predicted octanol–water partition coefficient (Wildman–Crippen LogP) is 5.82. The van der Waals surface area contributed by atoms with E-state index in [1.165, 1.54) is 0 Å². The van der Waals surface area contributed by atoms with Crippen molar-refractivity contribution in [3.8, 4) is 0 Å². The van der Waals surface area contributed by atoms with Crippen molar-refractivity contribution in [3.05, 3.63) is 76.3 Å². The zero-order valence-electron chi connectivity index (χ0n) is 21.1. The smallest absolute Gasteiger partial charge is 0.258 e. The Bertz CT molecular complexity index is 1330. The molecule has 2 aliphatic rings. The number of nitrogens with zero attached hydrogens (tertiary/aromatic N) is 2. The largest absolute Gasteiger partial charge is 0.352 e. The Morgan fingerprint density at radius 2 is 1.81 bits per heavy atom. The number of benzene rings is 3. The van der Waals surface area contributed by atoms with Crippen LogP contribution in [0.4, 0.5) is 5.69 Å². The van der Waals surface area contributed by atoms with E-state index >= 15 is 0 Å². The fourth-order valence-electron chi connectivity index (χ4n) is 5.54. The minimum atomic E-state index is -0.585. The molecule has 1 N–H and O–H groups in total. The van der Waals surface area contributed by atoms with Crippen LogP contribution in [0.5, 0.6) is 0 Å². The van der Waals surface area contributed by atoms with Gasteiger partial charge in [0.1, 0.15) is 6.04 Å². The van der Waals surface area contributed by atoms with Crippen molar-refractivity contribution in [3.63, 3.8) is 0 Å². The Morgan fingerprint density at radius 1 is 1.08 bits per heavy atom. The van der Waals surface area contributed by atoms with Crippen LogP contribution in [0.25, 0.3) is 10.8 Å². The molecule has 0 aromatic heterocycles. The molecule has 0 radical (unpaired) electrons. The molecule has 3 aromatic carbocycles. The Morgan fingerprint density at radius 3 is 2.57 bits per heavy atom. The van der Waals surface area contributed by atoms with Gasteiger partial charge in [0, 0.05) is 41.0 Å². The first-order valence-electron chi connectivity index (χ1n) is 13.1. The molecule has 1 atom stereocenters. The van der Waals surface area contributed by atoms with E-state index in [-0.39, 0.29) is 30.2 Å². The molecule has 5 rings (SSSR count). The predicted molar refractivity (Wildman–Crippen MR) is 149 cm³/mol. The molecule has 192 valence electrons. The quantitative estimate of drug-likeness (QED) is 0.358. The van der Waals surface area contributed by atoms with E-state index in [1.807, 2.05) is 67.6 Å². The number of amides is 3. The second kappa shape index (κ2) is 11.1. The van der Waals surface area contributed by atoms with E-state index in [0.717, 1.165) is 52.2 Å². The molecule has 3 aromatic rings. The molecule has 1 aliphatic carbocycles. The molecule has 0 saturated heterocycles. The summed E-state index contributed by atoms with van der Waals surface area (Å²) in [6, 6.07) is 19.2. The molecule has 6 nitrogen and oxygen atoms in total. The molecule has 0 unspecified atom stereocenters. The van der Waals surface area contributed by atoms with Gasteiger partial charge in [-0.15, -0.1) is 0 Å². The van der Waals surface area contributed by atoms with Gasteiger partial charge in [0.15, 0.2) is 0 Å². The SMILES string of the molecule is C[C@@H](C(=O)NC1CCCC1)N(Cc1cccc(Br)c1)C(=O)CCCN1C(=O)c2cccc3cccc1c23. The minimum absolute atomic E-state index is 0.0189. The summed E-state index contributed by atoms with van der Waals surface area (Å²) in [5, 5.41) is 5.17. The topological polar surface area (TPSA) is 69.7 Å². The van der Waals surface area contributed by atoms with Gasteiger partial charge < -0.3 is 15.1 Å². The maximum atomic E-state index is 13.5. The monoisotopic (exact) mass is 561 g/mol. The van der Waals surface area contributed by atoms with Gasteiger partial charge in [-0.3, -0.25) is 14.4 Å². The van der Waals surface area contributed by atoms with Crippen LogP contribution in [-0.2, 0) is 16.1 Å². The van der Waals surface area contributed by atoms with Crippen molar-refractivity contribution in [1.29, 1.82) is 0 Å². The highest BCUT2D eigenvalue weighted by atomic mass is 79.9. The highest BCUT2D eigenvalue weighted by Gasteiger charge is 2.31. The van der Waals surface area contributed by atoms with E-state index in [2.05, 4.69) is 21.2 Å². The molecular formula is C30H32BrN3O3. The van der Waals surface area contributed by atoms with Crippen LogP contribution in [0.1, 0.15) is 61.4 Å². The normalized spacial score (nSPS) is 15.8. The first kappa shape index (κ1) is 25.5. The van der Waals surface area contributed by atoms with E-state index in [1.54, 1.807) is 9.80 Å². The number of hydrogen-bond donors (Lipinski definition) is 1. The molecule has 7 heteroatoms. The number of rotatable bonds is 9. The molecule has 37 heavy (non-hydrogen) atoms. The number of nitrogens with one attached hydrogen (secondary N) is 1. The fraction of sp³-hybridized carbons (Fsp3) is 0.367. The number of anilines is 1. The summed E-state index contributed by atoms with van der Waals surface area (Å²) >= 11 is 3.50. The number of carbonyl (C=O) groups excluding carboxylic acids is 3. The standard InChI is InChI=1S/C30H32BrN3O3/c1-20(29(36)32-24-12-2-3-13-24)34(19-21-8-4-11-23(31)18-21)27(35)16-7-17-33-26-15-6-10-22-9-5-14-25(28(22)26)30(33)37/h4-6,8-11,14-15,18,20,24H,2-3,7,12-13,16-17,19H2,1H3,(H,32,36)/t20-/m0/s1. The van der Waals surface area contributed by atoms with Crippen molar-refractivity contribution in [2.45, 2.75) is 64.1 Å². The number of hydrogen-bond acceptors (Lipinski definition) is 3. The van der Waals surface area contributed by atoms with Gasteiger partial charge in [0.25, 0.3) is 5.91 Å². The molecule has 1 fully saturated rings. The molecule has 3 amide bonds. The van der Waals surface area contributed by atoms with Crippen LogP contribution in [0, 0.1) is 0 Å². The highest BCUT2D eigenvalue weighted by molar-refractivity contribution is 9.10. The first-order valence-corrected chi connectivity index (χ1v) is 13.9. The van der Waals surface area contributed by atoms with E-state index in [4.69, 9.17) is 0 Å². The lowest BCUT2D eigenvalue weighted by molar-refractivity contribution is -0.141. The maximum absolute atomic E-state index is 13.5. The molecule has 0 bridgehead atoms. The van der Waals surface area contributed by atoms with Crippen LogP contribution in [0.3, 0.4) is 0 Å². The Kier molecular flexibility index (Phi) is 7.60. The zero-order chi connectivity index (χ0) is 25.9. The fourth-order valence-corrected chi connectivity index (χ4v) is 5.99. The van der Waals surface area contributed by atoms with Crippen molar-refractivity contribution in [1.82, 2.24) is 10.2 Å². The third-order valence-electron chi connectivity index (χ3n) is 7.53. The third-order valence-corrected chi connectivity index (χ3v) is 8.03. The summed E-state index contributed by atoms with van der Waals surface area (Å²) in [5.41, 5.74) is 2.58. The molecule has 1 saturated carbocycles. The summed E-state index contributed by atoms with van der Waals surface area (Å²) in [7, 11) is 0. The zero-order valence-corrected chi connectivity index (χ0v) is 22.7.